The highest BCUT2D eigenvalue weighted by atomic mass is 16.5. The molecule has 5 nitrogen and oxygen atoms in total. The lowest BCUT2D eigenvalue weighted by molar-refractivity contribution is -0.133. The molecule has 2 amide bonds. The van der Waals surface area contributed by atoms with Gasteiger partial charge in [0.1, 0.15) is 5.75 Å². The van der Waals surface area contributed by atoms with Gasteiger partial charge in [0.05, 0.1) is 0 Å². The Hall–Kier alpha value is -2.82. The van der Waals surface area contributed by atoms with Crippen LogP contribution in [-0.4, -0.2) is 47.9 Å². The number of para-hydroxylation sites is 1. The molecule has 0 spiro atoms. The number of nitrogens with zero attached hydrogens (tertiary/aromatic N) is 2. The van der Waals surface area contributed by atoms with Crippen LogP contribution in [0.1, 0.15) is 17.5 Å². The molecule has 0 radical (unpaired) electrons. The molecule has 2 aromatic carbocycles. The summed E-state index contributed by atoms with van der Waals surface area (Å²) >= 11 is 0. The third-order valence-corrected chi connectivity index (χ3v) is 4.67. The zero-order valence-corrected chi connectivity index (χ0v) is 15.1. The molecule has 0 bridgehead atoms. The quantitative estimate of drug-likeness (QED) is 0.831. The lowest BCUT2D eigenvalue weighted by Gasteiger charge is -2.23. The number of carbonyl (C=O) groups is 2. The number of amides is 2. The van der Waals surface area contributed by atoms with Crippen LogP contribution in [0.5, 0.6) is 5.75 Å². The van der Waals surface area contributed by atoms with Gasteiger partial charge < -0.3 is 14.5 Å². The second-order valence-corrected chi connectivity index (χ2v) is 6.47. The van der Waals surface area contributed by atoms with Crippen LogP contribution in [0.25, 0.3) is 0 Å². The van der Waals surface area contributed by atoms with E-state index in [1.54, 1.807) is 4.90 Å². The molecular weight excluding hydrogens is 328 g/mol. The minimum absolute atomic E-state index is 0.00397. The molecule has 0 aromatic heterocycles. The average molecular weight is 352 g/mol. The van der Waals surface area contributed by atoms with Crippen molar-refractivity contribution >= 4 is 11.8 Å². The Morgan fingerprint density at radius 3 is 2.50 bits per heavy atom. The van der Waals surface area contributed by atoms with E-state index in [9.17, 15) is 9.59 Å². The SMILES string of the molecule is Cc1ccccc1CN1CCN(C(=O)COc2ccccc2)CCC1=O. The predicted octanol–water partition coefficient (Wildman–Crippen LogP) is 2.63. The summed E-state index contributed by atoms with van der Waals surface area (Å²) < 4.78 is 5.54. The molecule has 1 aliphatic heterocycles. The van der Waals surface area contributed by atoms with Gasteiger partial charge in [0, 0.05) is 32.6 Å². The third-order valence-electron chi connectivity index (χ3n) is 4.67. The Labute approximate surface area is 154 Å². The first kappa shape index (κ1) is 18.0. The summed E-state index contributed by atoms with van der Waals surface area (Å²) in [6.45, 7) is 4.16. The first-order valence-corrected chi connectivity index (χ1v) is 8.91. The van der Waals surface area contributed by atoms with Crippen LogP contribution < -0.4 is 4.74 Å². The van der Waals surface area contributed by atoms with Crippen LogP contribution in [0.3, 0.4) is 0 Å². The van der Waals surface area contributed by atoms with Gasteiger partial charge in [0.15, 0.2) is 6.61 Å². The van der Waals surface area contributed by atoms with E-state index >= 15 is 0 Å². The van der Waals surface area contributed by atoms with Gasteiger partial charge in [0.2, 0.25) is 5.91 Å². The fourth-order valence-corrected chi connectivity index (χ4v) is 3.03. The molecule has 5 heteroatoms. The standard InChI is InChI=1S/C21H24N2O3/c1-17-7-5-6-8-18(17)15-23-14-13-22(12-11-20(23)24)21(25)16-26-19-9-3-2-4-10-19/h2-10H,11-16H2,1H3. The van der Waals surface area contributed by atoms with Gasteiger partial charge in [-0.2, -0.15) is 0 Å². The van der Waals surface area contributed by atoms with Crippen LogP contribution in [0, 0.1) is 6.92 Å². The van der Waals surface area contributed by atoms with Gasteiger partial charge in [-0.15, -0.1) is 0 Å². The van der Waals surface area contributed by atoms with Crippen LogP contribution >= 0.6 is 0 Å². The summed E-state index contributed by atoms with van der Waals surface area (Å²) in [5.41, 5.74) is 2.32. The van der Waals surface area contributed by atoms with Crippen molar-refractivity contribution in [2.24, 2.45) is 0 Å². The van der Waals surface area contributed by atoms with Crippen LogP contribution in [0.4, 0.5) is 0 Å². The van der Waals surface area contributed by atoms with Crippen LogP contribution in [-0.2, 0) is 16.1 Å². The summed E-state index contributed by atoms with van der Waals surface area (Å²) in [5, 5.41) is 0. The lowest BCUT2D eigenvalue weighted by Crippen LogP contribution is -2.38. The largest absolute Gasteiger partial charge is 0.484 e. The van der Waals surface area contributed by atoms with Gasteiger partial charge in [-0.25, -0.2) is 0 Å². The lowest BCUT2D eigenvalue weighted by atomic mass is 10.1. The number of carbonyl (C=O) groups excluding carboxylic acids is 2. The number of aryl methyl sites for hydroxylation is 1. The maximum absolute atomic E-state index is 12.4. The zero-order chi connectivity index (χ0) is 18.4. The minimum Gasteiger partial charge on any atom is -0.484 e. The molecule has 0 saturated carbocycles. The van der Waals surface area contributed by atoms with Crippen LogP contribution in [0.15, 0.2) is 54.6 Å². The molecule has 26 heavy (non-hydrogen) atoms. The fourth-order valence-electron chi connectivity index (χ4n) is 3.03. The highest BCUT2D eigenvalue weighted by Gasteiger charge is 2.24. The second-order valence-electron chi connectivity index (χ2n) is 6.47. The van der Waals surface area contributed by atoms with E-state index in [-0.39, 0.29) is 18.4 Å². The molecular formula is C21H24N2O3. The van der Waals surface area contributed by atoms with Gasteiger partial charge in [-0.3, -0.25) is 9.59 Å². The number of hydrogen-bond donors (Lipinski definition) is 0. The van der Waals surface area contributed by atoms with Crippen molar-refractivity contribution < 1.29 is 14.3 Å². The average Bonchev–Trinajstić information content (AvgIpc) is 2.84. The van der Waals surface area contributed by atoms with E-state index in [0.29, 0.717) is 38.3 Å². The maximum Gasteiger partial charge on any atom is 0.260 e. The van der Waals surface area contributed by atoms with Crippen LogP contribution in [0.2, 0.25) is 0 Å². The van der Waals surface area contributed by atoms with E-state index in [0.717, 1.165) is 5.56 Å². The van der Waals surface area contributed by atoms with Crippen molar-refractivity contribution in [1.82, 2.24) is 9.80 Å². The topological polar surface area (TPSA) is 49.9 Å². The number of ether oxygens (including phenoxy) is 1. The summed E-state index contributed by atoms with van der Waals surface area (Å²) in [5.74, 6) is 0.680. The second kappa shape index (κ2) is 8.52. The molecule has 0 N–H and O–H groups in total. The molecule has 1 aliphatic rings. The van der Waals surface area contributed by atoms with Crippen molar-refractivity contribution in [3.63, 3.8) is 0 Å². The first-order valence-electron chi connectivity index (χ1n) is 8.91. The van der Waals surface area contributed by atoms with Crippen molar-refractivity contribution in [3.8, 4) is 5.75 Å². The van der Waals surface area contributed by atoms with E-state index in [4.69, 9.17) is 4.74 Å². The Bertz CT molecular complexity index is 761. The minimum atomic E-state index is -0.0839. The molecule has 136 valence electrons. The first-order chi connectivity index (χ1) is 12.6. The highest BCUT2D eigenvalue weighted by Crippen LogP contribution is 2.14. The monoisotopic (exact) mass is 352 g/mol. The Balaban J connectivity index is 1.55. The smallest absolute Gasteiger partial charge is 0.260 e. The Morgan fingerprint density at radius 1 is 1.00 bits per heavy atom. The van der Waals surface area contributed by atoms with Crippen molar-refractivity contribution in [3.05, 3.63) is 65.7 Å². The van der Waals surface area contributed by atoms with E-state index in [1.807, 2.05) is 66.4 Å². The molecule has 0 unspecified atom stereocenters. The summed E-state index contributed by atoms with van der Waals surface area (Å²) in [7, 11) is 0. The van der Waals surface area contributed by atoms with Crippen molar-refractivity contribution in [2.45, 2.75) is 19.9 Å². The van der Waals surface area contributed by atoms with E-state index < -0.39 is 0 Å². The van der Waals surface area contributed by atoms with Gasteiger partial charge in [-0.1, -0.05) is 42.5 Å². The molecule has 0 atom stereocenters. The van der Waals surface area contributed by atoms with Gasteiger partial charge in [-0.05, 0) is 30.2 Å². The van der Waals surface area contributed by atoms with Gasteiger partial charge in [0.25, 0.3) is 5.91 Å². The maximum atomic E-state index is 12.4. The molecule has 1 heterocycles. The molecule has 2 aromatic rings. The highest BCUT2D eigenvalue weighted by molar-refractivity contribution is 5.81. The Morgan fingerprint density at radius 2 is 1.73 bits per heavy atom. The molecule has 0 aliphatic carbocycles. The fraction of sp³-hybridized carbons (Fsp3) is 0.333. The van der Waals surface area contributed by atoms with E-state index in [2.05, 4.69) is 0 Å². The number of rotatable bonds is 5. The molecule has 1 fully saturated rings. The predicted molar refractivity (Wildman–Crippen MR) is 99.7 cm³/mol. The number of benzene rings is 2. The summed E-state index contributed by atoms with van der Waals surface area (Å²) in [4.78, 5) is 28.4. The summed E-state index contributed by atoms with van der Waals surface area (Å²) in [6, 6.07) is 17.4. The van der Waals surface area contributed by atoms with E-state index in [1.165, 1.54) is 5.56 Å². The molecule has 1 saturated heterocycles. The normalized spacial score (nSPS) is 14.9. The van der Waals surface area contributed by atoms with Crippen molar-refractivity contribution in [1.29, 1.82) is 0 Å². The number of hydrogen-bond acceptors (Lipinski definition) is 3. The van der Waals surface area contributed by atoms with Crippen molar-refractivity contribution in [2.75, 3.05) is 26.2 Å². The Kier molecular flexibility index (Phi) is 5.89. The summed E-state index contributed by atoms with van der Waals surface area (Å²) in [6.07, 6.45) is 0.350. The molecule has 3 rings (SSSR count). The zero-order valence-electron chi connectivity index (χ0n) is 15.1. The van der Waals surface area contributed by atoms with Gasteiger partial charge >= 0.3 is 0 Å². The third kappa shape index (κ3) is 4.63.